The third-order valence-corrected chi connectivity index (χ3v) is 3.44. The van der Waals surface area contributed by atoms with Gasteiger partial charge in [-0.05, 0) is 24.7 Å². The first-order chi connectivity index (χ1) is 7.54. The van der Waals surface area contributed by atoms with E-state index in [0.29, 0.717) is 24.8 Å². The van der Waals surface area contributed by atoms with E-state index in [9.17, 15) is 9.90 Å². The van der Waals surface area contributed by atoms with Crippen LogP contribution in [0.2, 0.25) is 0 Å². The number of β-amino-alcohol motifs (C(OH)–C–C–N with tert-alkyl or cyclic N) is 1. The number of hydrogen-bond donors (Lipinski definition) is 2. The van der Waals surface area contributed by atoms with Gasteiger partial charge in [-0.1, -0.05) is 13.8 Å². The second kappa shape index (κ2) is 6.21. The quantitative estimate of drug-likeness (QED) is 0.743. The van der Waals surface area contributed by atoms with Crippen molar-refractivity contribution >= 4 is 5.91 Å². The lowest BCUT2D eigenvalue weighted by Crippen LogP contribution is -2.38. The number of rotatable bonds is 4. The Morgan fingerprint density at radius 1 is 1.44 bits per heavy atom. The molecule has 2 unspecified atom stereocenters. The van der Waals surface area contributed by atoms with Gasteiger partial charge in [0.15, 0.2) is 0 Å². The topological polar surface area (TPSA) is 60.8 Å². The molecule has 0 radical (unpaired) electrons. The Balaban J connectivity index is 2.50. The van der Waals surface area contributed by atoms with Crippen molar-refractivity contribution in [2.24, 2.45) is 11.8 Å². The fraction of sp³-hybridized carbons (Fsp3) is 0.917. The number of aliphatic hydroxyl groups is 2. The van der Waals surface area contributed by atoms with E-state index in [4.69, 9.17) is 5.11 Å². The molecule has 1 aliphatic rings. The Bertz CT molecular complexity index is 230. The Morgan fingerprint density at radius 3 is 2.69 bits per heavy atom. The minimum atomic E-state index is -0.806. The van der Waals surface area contributed by atoms with Crippen molar-refractivity contribution in [3.8, 4) is 0 Å². The molecule has 94 valence electrons. The summed E-state index contributed by atoms with van der Waals surface area (Å²) in [6.07, 6.45) is 1.71. The number of aliphatic hydroxyl groups excluding tert-OH is 2. The summed E-state index contributed by atoms with van der Waals surface area (Å²) in [5.74, 6) is 1.31. The molecular weight excluding hydrogens is 206 g/mol. The number of carbonyl (C=O) groups is 1. The highest BCUT2D eigenvalue weighted by molar-refractivity contribution is 5.76. The normalized spacial score (nSPS) is 24.7. The third kappa shape index (κ3) is 3.76. The van der Waals surface area contributed by atoms with E-state index in [0.717, 1.165) is 12.8 Å². The summed E-state index contributed by atoms with van der Waals surface area (Å²) in [5.41, 5.74) is 0. The van der Waals surface area contributed by atoms with Crippen LogP contribution in [0.1, 0.15) is 33.1 Å². The first kappa shape index (κ1) is 13.5. The van der Waals surface area contributed by atoms with Gasteiger partial charge < -0.3 is 15.1 Å². The zero-order valence-electron chi connectivity index (χ0n) is 10.2. The highest BCUT2D eigenvalue weighted by Gasteiger charge is 2.25. The van der Waals surface area contributed by atoms with Crippen molar-refractivity contribution in [3.05, 3.63) is 0 Å². The molecule has 1 amide bonds. The van der Waals surface area contributed by atoms with Crippen LogP contribution in [0.25, 0.3) is 0 Å². The monoisotopic (exact) mass is 229 g/mol. The van der Waals surface area contributed by atoms with E-state index in [2.05, 4.69) is 13.8 Å². The van der Waals surface area contributed by atoms with Crippen LogP contribution in [0.3, 0.4) is 0 Å². The molecule has 0 aromatic rings. The molecule has 4 heteroatoms. The predicted octanol–water partition coefficient (Wildman–Crippen LogP) is 0.624. The minimum Gasteiger partial charge on any atom is -0.394 e. The standard InChI is InChI=1S/C12H23NO3/c1-9(2)10-3-4-12(16)13(6-5-10)7-11(15)8-14/h9-11,14-15H,3-8H2,1-2H3. The number of hydrogen-bond acceptors (Lipinski definition) is 3. The van der Waals surface area contributed by atoms with Crippen LogP contribution in [0.4, 0.5) is 0 Å². The van der Waals surface area contributed by atoms with Crippen molar-refractivity contribution < 1.29 is 15.0 Å². The Labute approximate surface area is 97.3 Å². The van der Waals surface area contributed by atoms with Gasteiger partial charge in [-0.2, -0.15) is 0 Å². The fourth-order valence-electron chi connectivity index (χ4n) is 2.23. The van der Waals surface area contributed by atoms with E-state index in [1.54, 1.807) is 4.90 Å². The number of likely N-dealkylation sites (tertiary alicyclic amines) is 1. The molecule has 16 heavy (non-hydrogen) atoms. The smallest absolute Gasteiger partial charge is 0.222 e. The molecule has 0 aliphatic carbocycles. The van der Waals surface area contributed by atoms with Crippen molar-refractivity contribution in [2.45, 2.75) is 39.2 Å². The lowest BCUT2D eigenvalue weighted by atomic mass is 9.89. The van der Waals surface area contributed by atoms with E-state index in [1.807, 2.05) is 0 Å². The Hall–Kier alpha value is -0.610. The maximum atomic E-state index is 11.8. The number of amides is 1. The van der Waals surface area contributed by atoms with E-state index in [1.165, 1.54) is 0 Å². The molecule has 0 bridgehead atoms. The zero-order chi connectivity index (χ0) is 12.1. The lowest BCUT2D eigenvalue weighted by Gasteiger charge is -2.23. The van der Waals surface area contributed by atoms with Crippen LogP contribution in [0.5, 0.6) is 0 Å². The summed E-state index contributed by atoms with van der Waals surface area (Å²) in [6, 6.07) is 0. The van der Waals surface area contributed by atoms with Gasteiger partial charge in [-0.25, -0.2) is 0 Å². The van der Waals surface area contributed by atoms with Gasteiger partial charge in [-0.15, -0.1) is 0 Å². The van der Waals surface area contributed by atoms with Crippen LogP contribution in [-0.2, 0) is 4.79 Å². The van der Waals surface area contributed by atoms with Crippen LogP contribution < -0.4 is 0 Å². The number of carbonyl (C=O) groups excluding carboxylic acids is 1. The van der Waals surface area contributed by atoms with Gasteiger partial charge in [0, 0.05) is 19.5 Å². The van der Waals surface area contributed by atoms with Crippen LogP contribution in [0, 0.1) is 11.8 Å². The summed E-state index contributed by atoms with van der Waals surface area (Å²) in [7, 11) is 0. The van der Waals surface area contributed by atoms with Crippen molar-refractivity contribution in [1.29, 1.82) is 0 Å². The fourth-order valence-corrected chi connectivity index (χ4v) is 2.23. The molecule has 0 saturated carbocycles. The molecule has 1 aliphatic heterocycles. The molecule has 1 rings (SSSR count). The molecule has 0 aromatic heterocycles. The average molecular weight is 229 g/mol. The van der Waals surface area contributed by atoms with Gasteiger partial charge in [-0.3, -0.25) is 4.79 Å². The first-order valence-electron chi connectivity index (χ1n) is 6.11. The summed E-state index contributed by atoms with van der Waals surface area (Å²) in [5, 5.41) is 18.1. The molecule has 0 spiro atoms. The average Bonchev–Trinajstić information content (AvgIpc) is 2.42. The molecule has 1 saturated heterocycles. The summed E-state index contributed by atoms with van der Waals surface area (Å²) < 4.78 is 0. The molecule has 2 N–H and O–H groups in total. The Kier molecular flexibility index (Phi) is 5.22. The molecule has 2 atom stereocenters. The highest BCUT2D eigenvalue weighted by atomic mass is 16.3. The molecule has 4 nitrogen and oxygen atoms in total. The van der Waals surface area contributed by atoms with E-state index in [-0.39, 0.29) is 19.1 Å². The summed E-state index contributed by atoms with van der Waals surface area (Å²) in [6.45, 7) is 5.07. The van der Waals surface area contributed by atoms with Crippen LogP contribution in [0.15, 0.2) is 0 Å². The largest absolute Gasteiger partial charge is 0.394 e. The Morgan fingerprint density at radius 2 is 2.12 bits per heavy atom. The van der Waals surface area contributed by atoms with E-state index < -0.39 is 6.10 Å². The van der Waals surface area contributed by atoms with Gasteiger partial charge in [0.25, 0.3) is 0 Å². The second-order valence-electron chi connectivity index (χ2n) is 5.01. The molecule has 1 fully saturated rings. The molecule has 0 aromatic carbocycles. The highest BCUT2D eigenvalue weighted by Crippen LogP contribution is 2.25. The maximum absolute atomic E-state index is 11.8. The lowest BCUT2D eigenvalue weighted by molar-refractivity contribution is -0.132. The third-order valence-electron chi connectivity index (χ3n) is 3.44. The van der Waals surface area contributed by atoms with Gasteiger partial charge in [0.05, 0.1) is 12.7 Å². The van der Waals surface area contributed by atoms with Gasteiger partial charge in [0.2, 0.25) is 5.91 Å². The van der Waals surface area contributed by atoms with Crippen LogP contribution >= 0.6 is 0 Å². The SMILES string of the molecule is CC(C)C1CCC(=O)N(CC(O)CO)CC1. The minimum absolute atomic E-state index is 0.107. The maximum Gasteiger partial charge on any atom is 0.222 e. The second-order valence-corrected chi connectivity index (χ2v) is 5.01. The van der Waals surface area contributed by atoms with Crippen molar-refractivity contribution in [1.82, 2.24) is 4.90 Å². The summed E-state index contributed by atoms with van der Waals surface area (Å²) in [4.78, 5) is 13.5. The van der Waals surface area contributed by atoms with E-state index >= 15 is 0 Å². The zero-order valence-corrected chi connectivity index (χ0v) is 10.2. The number of nitrogens with zero attached hydrogens (tertiary/aromatic N) is 1. The van der Waals surface area contributed by atoms with Gasteiger partial charge >= 0.3 is 0 Å². The van der Waals surface area contributed by atoms with Gasteiger partial charge in [0.1, 0.15) is 0 Å². The van der Waals surface area contributed by atoms with Crippen LogP contribution in [-0.4, -0.2) is 46.8 Å². The summed E-state index contributed by atoms with van der Waals surface area (Å²) >= 11 is 0. The first-order valence-corrected chi connectivity index (χ1v) is 6.11. The molecular formula is C12H23NO3. The molecule has 1 heterocycles. The van der Waals surface area contributed by atoms with Crippen molar-refractivity contribution in [2.75, 3.05) is 19.7 Å². The van der Waals surface area contributed by atoms with Crippen molar-refractivity contribution in [3.63, 3.8) is 0 Å². The predicted molar refractivity (Wildman–Crippen MR) is 61.9 cm³/mol.